The van der Waals surface area contributed by atoms with E-state index in [0.29, 0.717) is 5.76 Å². The molecule has 0 amide bonds. The molecule has 0 heterocycles. The molecule has 1 nitrogen and oxygen atoms in total. The van der Waals surface area contributed by atoms with Crippen molar-refractivity contribution in [2.75, 3.05) is 0 Å². The first-order valence-corrected chi connectivity index (χ1v) is 4.01. The Morgan fingerprint density at radius 1 is 1.45 bits per heavy atom. The van der Waals surface area contributed by atoms with Gasteiger partial charge >= 0.3 is 0 Å². The zero-order chi connectivity index (χ0) is 8.10. The third kappa shape index (κ3) is 2.62. The van der Waals surface area contributed by atoms with Gasteiger partial charge in [-0.1, -0.05) is 17.7 Å². The zero-order valence-corrected chi connectivity index (χ0v) is 6.71. The van der Waals surface area contributed by atoms with E-state index < -0.39 is 0 Å². The van der Waals surface area contributed by atoms with Crippen molar-refractivity contribution in [1.82, 2.24) is 0 Å². The van der Waals surface area contributed by atoms with Crippen LogP contribution < -0.4 is 0 Å². The van der Waals surface area contributed by atoms with Gasteiger partial charge in [0.15, 0.2) is 0 Å². The number of hydrogen-bond donors (Lipinski definition) is 1. The van der Waals surface area contributed by atoms with Crippen LogP contribution in [0.25, 0.3) is 0 Å². The highest BCUT2D eigenvalue weighted by Gasteiger charge is 2.03. The standard InChI is InChI=1S/C10H14O/c1-2-3-4-9-5-7-10(11)8-6-9/h2,5,7,11H,1,3-4,6,8H2. The van der Waals surface area contributed by atoms with E-state index in [9.17, 15) is 0 Å². The Bertz CT molecular complexity index is 199. The van der Waals surface area contributed by atoms with E-state index in [2.05, 4.69) is 6.58 Å². The molecule has 0 unspecified atom stereocenters. The minimum absolute atomic E-state index is 0.507. The van der Waals surface area contributed by atoms with Crippen molar-refractivity contribution in [1.29, 1.82) is 0 Å². The highest BCUT2D eigenvalue weighted by molar-refractivity contribution is 5.20. The topological polar surface area (TPSA) is 20.2 Å². The maximum absolute atomic E-state index is 9.05. The Balaban J connectivity index is 2.41. The smallest absolute Gasteiger partial charge is 0.0925 e. The summed E-state index contributed by atoms with van der Waals surface area (Å²) in [6.07, 6.45) is 9.69. The molecule has 0 aromatic carbocycles. The number of hydrogen-bond acceptors (Lipinski definition) is 1. The lowest BCUT2D eigenvalue weighted by Gasteiger charge is -2.09. The molecule has 0 radical (unpaired) electrons. The van der Waals surface area contributed by atoms with Gasteiger partial charge < -0.3 is 5.11 Å². The average molecular weight is 150 g/mol. The van der Waals surface area contributed by atoms with E-state index in [1.807, 2.05) is 12.2 Å². The van der Waals surface area contributed by atoms with Gasteiger partial charge in [-0.05, 0) is 25.3 Å². The fourth-order valence-electron chi connectivity index (χ4n) is 1.17. The summed E-state index contributed by atoms with van der Waals surface area (Å²) in [5, 5.41) is 9.05. The molecule has 0 atom stereocenters. The lowest BCUT2D eigenvalue weighted by molar-refractivity contribution is 0.385. The van der Waals surface area contributed by atoms with Gasteiger partial charge in [0.2, 0.25) is 0 Å². The van der Waals surface area contributed by atoms with Crippen molar-refractivity contribution >= 4 is 0 Å². The first-order chi connectivity index (χ1) is 5.33. The summed E-state index contributed by atoms with van der Waals surface area (Å²) in [5.74, 6) is 0.507. The van der Waals surface area contributed by atoms with Gasteiger partial charge in [0, 0.05) is 6.42 Å². The molecule has 1 N–H and O–H groups in total. The predicted molar refractivity (Wildman–Crippen MR) is 47.5 cm³/mol. The summed E-state index contributed by atoms with van der Waals surface area (Å²) in [7, 11) is 0. The van der Waals surface area contributed by atoms with Crippen LogP contribution in [-0.4, -0.2) is 5.11 Å². The molecule has 11 heavy (non-hydrogen) atoms. The normalized spacial score (nSPS) is 17.1. The number of aliphatic hydroxyl groups excluding tert-OH is 1. The summed E-state index contributed by atoms with van der Waals surface area (Å²) >= 11 is 0. The molecule has 60 valence electrons. The van der Waals surface area contributed by atoms with E-state index in [1.54, 1.807) is 6.08 Å². The van der Waals surface area contributed by atoms with Crippen LogP contribution in [0.2, 0.25) is 0 Å². The fourth-order valence-corrected chi connectivity index (χ4v) is 1.17. The minimum atomic E-state index is 0.507. The molecule has 1 aliphatic carbocycles. The second kappa shape index (κ2) is 4.02. The molecule has 1 rings (SSSR count). The van der Waals surface area contributed by atoms with E-state index >= 15 is 0 Å². The summed E-state index contributed by atoms with van der Waals surface area (Å²) in [5.41, 5.74) is 1.42. The predicted octanol–water partition coefficient (Wildman–Crippen LogP) is 3.11. The highest BCUT2D eigenvalue weighted by Crippen LogP contribution is 2.20. The molecule has 0 fully saturated rings. The molecular weight excluding hydrogens is 136 g/mol. The third-order valence-corrected chi connectivity index (χ3v) is 1.88. The van der Waals surface area contributed by atoms with Crippen LogP contribution in [-0.2, 0) is 0 Å². The molecule has 0 bridgehead atoms. The lowest BCUT2D eigenvalue weighted by atomic mass is 10.00. The van der Waals surface area contributed by atoms with E-state index in [-0.39, 0.29) is 0 Å². The van der Waals surface area contributed by atoms with Crippen molar-refractivity contribution in [3.63, 3.8) is 0 Å². The Labute approximate surface area is 67.7 Å². The van der Waals surface area contributed by atoms with Crippen molar-refractivity contribution < 1.29 is 5.11 Å². The quantitative estimate of drug-likeness (QED) is 0.613. The van der Waals surface area contributed by atoms with Crippen LogP contribution in [0, 0.1) is 0 Å². The van der Waals surface area contributed by atoms with Gasteiger partial charge in [-0.2, -0.15) is 0 Å². The fraction of sp³-hybridized carbons (Fsp3) is 0.400. The highest BCUT2D eigenvalue weighted by atomic mass is 16.3. The Morgan fingerprint density at radius 3 is 2.82 bits per heavy atom. The largest absolute Gasteiger partial charge is 0.512 e. The van der Waals surface area contributed by atoms with Gasteiger partial charge in [0.1, 0.15) is 0 Å². The molecule has 0 aromatic rings. The van der Waals surface area contributed by atoms with Crippen molar-refractivity contribution in [3.8, 4) is 0 Å². The first kappa shape index (κ1) is 8.12. The molecule has 0 saturated heterocycles. The van der Waals surface area contributed by atoms with Crippen LogP contribution in [0.1, 0.15) is 25.7 Å². The Hall–Kier alpha value is -0.980. The molecular formula is C10H14O. The first-order valence-electron chi connectivity index (χ1n) is 4.01. The van der Waals surface area contributed by atoms with Gasteiger partial charge in [-0.3, -0.25) is 0 Å². The monoisotopic (exact) mass is 150 g/mol. The number of rotatable bonds is 3. The van der Waals surface area contributed by atoms with E-state index in [4.69, 9.17) is 5.11 Å². The average Bonchev–Trinajstić information content (AvgIpc) is 2.04. The summed E-state index contributed by atoms with van der Waals surface area (Å²) in [6, 6.07) is 0. The summed E-state index contributed by atoms with van der Waals surface area (Å²) in [4.78, 5) is 0. The number of allylic oxidation sites excluding steroid dienone is 5. The van der Waals surface area contributed by atoms with Crippen LogP contribution >= 0.6 is 0 Å². The van der Waals surface area contributed by atoms with Crippen molar-refractivity contribution in [3.05, 3.63) is 36.1 Å². The van der Waals surface area contributed by atoms with Gasteiger partial charge in [0.25, 0.3) is 0 Å². The Morgan fingerprint density at radius 2 is 2.27 bits per heavy atom. The Kier molecular flexibility index (Phi) is 2.96. The van der Waals surface area contributed by atoms with Crippen LogP contribution in [0.4, 0.5) is 0 Å². The third-order valence-electron chi connectivity index (χ3n) is 1.88. The van der Waals surface area contributed by atoms with Crippen molar-refractivity contribution in [2.45, 2.75) is 25.7 Å². The summed E-state index contributed by atoms with van der Waals surface area (Å²) < 4.78 is 0. The second-order valence-electron chi connectivity index (χ2n) is 2.81. The minimum Gasteiger partial charge on any atom is -0.512 e. The van der Waals surface area contributed by atoms with Crippen LogP contribution in [0.3, 0.4) is 0 Å². The molecule has 0 aliphatic heterocycles. The van der Waals surface area contributed by atoms with Crippen LogP contribution in [0.15, 0.2) is 36.1 Å². The van der Waals surface area contributed by atoms with E-state index in [1.165, 1.54) is 5.57 Å². The molecule has 1 aliphatic rings. The van der Waals surface area contributed by atoms with E-state index in [0.717, 1.165) is 25.7 Å². The maximum atomic E-state index is 9.05. The zero-order valence-electron chi connectivity index (χ0n) is 6.71. The lowest BCUT2D eigenvalue weighted by Crippen LogP contribution is -1.92. The van der Waals surface area contributed by atoms with Gasteiger partial charge in [0.05, 0.1) is 5.76 Å². The number of aliphatic hydroxyl groups is 1. The molecule has 0 saturated carbocycles. The van der Waals surface area contributed by atoms with Crippen molar-refractivity contribution in [2.24, 2.45) is 0 Å². The maximum Gasteiger partial charge on any atom is 0.0925 e. The summed E-state index contributed by atoms with van der Waals surface area (Å²) in [6.45, 7) is 3.67. The SMILES string of the molecule is C=CCCC1=CC=C(O)CC1. The van der Waals surface area contributed by atoms with Gasteiger partial charge in [-0.15, -0.1) is 6.58 Å². The van der Waals surface area contributed by atoms with Gasteiger partial charge in [-0.25, -0.2) is 0 Å². The molecule has 0 spiro atoms. The second-order valence-corrected chi connectivity index (χ2v) is 2.81. The van der Waals surface area contributed by atoms with Crippen LogP contribution in [0.5, 0.6) is 0 Å². The molecule has 1 heteroatoms. The molecule has 0 aromatic heterocycles.